The van der Waals surface area contributed by atoms with Crippen LogP contribution in [0.25, 0.3) is 21.9 Å². The quantitative estimate of drug-likeness (QED) is 0.335. The number of fused-ring (bicyclic) bond motifs is 2. The summed E-state index contributed by atoms with van der Waals surface area (Å²) < 4.78 is 12.1. The van der Waals surface area contributed by atoms with Crippen LogP contribution in [0.15, 0.2) is 48.4 Å². The lowest BCUT2D eigenvalue weighted by molar-refractivity contribution is -0.116. The Kier molecular flexibility index (Phi) is 5.47. The summed E-state index contributed by atoms with van der Waals surface area (Å²) in [5.41, 5.74) is 3.64. The van der Waals surface area contributed by atoms with Crippen LogP contribution in [-0.4, -0.2) is 5.91 Å². The summed E-state index contributed by atoms with van der Waals surface area (Å²) in [7, 11) is 0. The predicted molar refractivity (Wildman–Crippen MR) is 123 cm³/mol. The van der Waals surface area contributed by atoms with Crippen molar-refractivity contribution in [1.82, 2.24) is 0 Å². The van der Waals surface area contributed by atoms with E-state index in [9.17, 15) is 9.59 Å². The van der Waals surface area contributed by atoms with Gasteiger partial charge in [-0.05, 0) is 62.6 Å². The van der Waals surface area contributed by atoms with Crippen LogP contribution in [0.2, 0.25) is 5.02 Å². The van der Waals surface area contributed by atoms with Gasteiger partial charge in [-0.25, -0.2) is 4.79 Å². The zero-order chi connectivity index (χ0) is 21.6. The summed E-state index contributed by atoms with van der Waals surface area (Å²) >= 11 is 9.48. The topological polar surface area (TPSA) is 72.5 Å². The molecule has 4 rings (SSSR count). The number of rotatable bonds is 4. The number of carbonyl (C=O) groups excluding carboxylic acids is 1. The van der Waals surface area contributed by atoms with Crippen LogP contribution in [0.3, 0.4) is 0 Å². The van der Waals surface area contributed by atoms with Gasteiger partial charge in [-0.15, -0.1) is 0 Å². The van der Waals surface area contributed by atoms with Crippen molar-refractivity contribution >= 4 is 61.1 Å². The molecule has 0 fully saturated rings. The van der Waals surface area contributed by atoms with Crippen molar-refractivity contribution in [3.8, 4) is 0 Å². The van der Waals surface area contributed by atoms with Crippen molar-refractivity contribution in [2.24, 2.45) is 0 Å². The van der Waals surface area contributed by atoms with Gasteiger partial charge in [0.25, 0.3) is 0 Å². The maximum absolute atomic E-state index is 12.6. The molecule has 2 heterocycles. The number of amides is 1. The second-order valence-electron chi connectivity index (χ2n) is 7.29. The normalized spacial score (nSPS) is 11.4. The summed E-state index contributed by atoms with van der Waals surface area (Å²) in [6.45, 7) is 5.79. The average molecular weight is 489 g/mol. The Balaban J connectivity index is 1.62. The van der Waals surface area contributed by atoms with E-state index in [4.69, 9.17) is 20.4 Å². The minimum atomic E-state index is -0.436. The maximum atomic E-state index is 12.6. The fraction of sp³-hybridized carbons (Fsp3) is 0.217. The Morgan fingerprint density at radius 2 is 1.73 bits per heavy atom. The van der Waals surface area contributed by atoms with Gasteiger partial charge < -0.3 is 14.2 Å². The van der Waals surface area contributed by atoms with Gasteiger partial charge in [-0.1, -0.05) is 27.5 Å². The Hall–Kier alpha value is -2.57. The molecule has 2 aromatic carbocycles. The highest BCUT2D eigenvalue weighted by atomic mass is 79.9. The number of hydrogen-bond donors (Lipinski definition) is 1. The van der Waals surface area contributed by atoms with E-state index in [1.165, 1.54) is 0 Å². The molecule has 154 valence electrons. The molecule has 0 aliphatic rings. The number of benzene rings is 2. The van der Waals surface area contributed by atoms with Gasteiger partial charge in [0.05, 0.1) is 10.7 Å². The van der Waals surface area contributed by atoms with Gasteiger partial charge >= 0.3 is 5.63 Å². The van der Waals surface area contributed by atoms with Crippen LogP contribution in [0.5, 0.6) is 0 Å². The first-order valence-electron chi connectivity index (χ1n) is 9.45. The van der Waals surface area contributed by atoms with Crippen LogP contribution in [0.1, 0.15) is 28.9 Å². The number of furan rings is 1. The molecule has 2 aromatic heterocycles. The lowest BCUT2D eigenvalue weighted by atomic mass is 10.0. The summed E-state index contributed by atoms with van der Waals surface area (Å²) in [6.07, 6.45) is 0.404. The molecule has 0 saturated carbocycles. The van der Waals surface area contributed by atoms with Crippen LogP contribution >= 0.6 is 27.5 Å². The van der Waals surface area contributed by atoms with Gasteiger partial charge in [0, 0.05) is 33.3 Å². The second-order valence-corrected chi connectivity index (χ2v) is 8.62. The van der Waals surface area contributed by atoms with Crippen LogP contribution in [0.4, 0.5) is 5.69 Å². The Morgan fingerprint density at radius 1 is 1.03 bits per heavy atom. The standard InChI is InChI=1S/C23H19BrClNO4/c1-11-13(3)29-20-10-21-17(9-16(11)20)12(2)15(23(28)30-21)5-7-22(27)26-19-6-4-14(24)8-18(19)25/h4,6,8-10H,5,7H2,1-3H3,(H,26,27). The van der Waals surface area contributed by atoms with E-state index in [1.54, 1.807) is 24.3 Å². The minimum Gasteiger partial charge on any atom is -0.461 e. The molecule has 4 aromatic rings. The molecule has 0 aliphatic heterocycles. The fourth-order valence-electron chi connectivity index (χ4n) is 3.56. The van der Waals surface area contributed by atoms with Gasteiger partial charge in [0.15, 0.2) is 0 Å². The number of anilines is 1. The largest absolute Gasteiger partial charge is 0.461 e. The lowest BCUT2D eigenvalue weighted by Gasteiger charge is -2.10. The zero-order valence-electron chi connectivity index (χ0n) is 16.7. The molecule has 1 amide bonds. The number of halogens is 2. The molecule has 30 heavy (non-hydrogen) atoms. The first-order valence-corrected chi connectivity index (χ1v) is 10.6. The van der Waals surface area contributed by atoms with Gasteiger partial charge in [0.2, 0.25) is 5.91 Å². The Bertz CT molecular complexity index is 1370. The van der Waals surface area contributed by atoms with E-state index in [1.807, 2.05) is 26.8 Å². The number of nitrogens with one attached hydrogen (secondary N) is 1. The third-order valence-electron chi connectivity index (χ3n) is 5.39. The van der Waals surface area contributed by atoms with Crippen molar-refractivity contribution in [3.63, 3.8) is 0 Å². The molecule has 1 N–H and O–H groups in total. The Labute approximate surface area is 186 Å². The molecule has 0 bridgehead atoms. The van der Waals surface area contributed by atoms with Gasteiger partial charge in [-0.2, -0.15) is 0 Å². The summed E-state index contributed by atoms with van der Waals surface area (Å²) in [5.74, 6) is 0.610. The molecule has 0 radical (unpaired) electrons. The molecular weight excluding hydrogens is 470 g/mol. The highest BCUT2D eigenvalue weighted by Crippen LogP contribution is 2.31. The molecule has 0 spiro atoms. The highest BCUT2D eigenvalue weighted by molar-refractivity contribution is 9.10. The smallest absolute Gasteiger partial charge is 0.339 e. The average Bonchev–Trinajstić information content (AvgIpc) is 2.96. The van der Waals surface area contributed by atoms with Crippen LogP contribution in [0, 0.1) is 20.8 Å². The van der Waals surface area contributed by atoms with Crippen molar-refractivity contribution in [3.05, 3.63) is 72.7 Å². The monoisotopic (exact) mass is 487 g/mol. The zero-order valence-corrected chi connectivity index (χ0v) is 19.0. The van der Waals surface area contributed by atoms with E-state index in [-0.39, 0.29) is 18.7 Å². The summed E-state index contributed by atoms with van der Waals surface area (Å²) in [6, 6.07) is 8.97. The number of carbonyl (C=O) groups is 1. The van der Waals surface area contributed by atoms with Crippen LogP contribution in [-0.2, 0) is 11.2 Å². The molecular formula is C23H19BrClNO4. The molecule has 7 heteroatoms. The SMILES string of the molecule is Cc1oc2cc3oc(=O)c(CCC(=O)Nc4ccc(Br)cc4Cl)c(C)c3cc2c1C. The first kappa shape index (κ1) is 20.7. The third kappa shape index (κ3) is 3.77. The Morgan fingerprint density at radius 3 is 2.47 bits per heavy atom. The van der Waals surface area contributed by atoms with Crippen molar-refractivity contribution in [1.29, 1.82) is 0 Å². The molecule has 0 atom stereocenters. The first-order chi connectivity index (χ1) is 14.2. The van der Waals surface area contributed by atoms with E-state index in [0.29, 0.717) is 27.4 Å². The van der Waals surface area contributed by atoms with Crippen molar-refractivity contribution in [2.45, 2.75) is 33.6 Å². The summed E-state index contributed by atoms with van der Waals surface area (Å²) in [4.78, 5) is 25.0. The molecule has 5 nitrogen and oxygen atoms in total. The van der Waals surface area contributed by atoms with E-state index < -0.39 is 5.63 Å². The van der Waals surface area contributed by atoms with Gasteiger partial charge in [-0.3, -0.25) is 4.79 Å². The third-order valence-corrected chi connectivity index (χ3v) is 6.20. The second kappa shape index (κ2) is 7.93. The predicted octanol–water partition coefficient (Wildman–Crippen LogP) is 6.45. The molecule has 0 aliphatic carbocycles. The summed E-state index contributed by atoms with van der Waals surface area (Å²) in [5, 5.41) is 5.06. The number of aryl methyl sites for hydroxylation is 3. The highest BCUT2D eigenvalue weighted by Gasteiger charge is 2.16. The fourth-order valence-corrected chi connectivity index (χ4v) is 4.28. The van der Waals surface area contributed by atoms with E-state index in [2.05, 4.69) is 21.2 Å². The van der Waals surface area contributed by atoms with Crippen molar-refractivity contribution in [2.75, 3.05) is 5.32 Å². The van der Waals surface area contributed by atoms with Crippen molar-refractivity contribution < 1.29 is 13.6 Å². The van der Waals surface area contributed by atoms with E-state index in [0.717, 1.165) is 32.1 Å². The number of hydrogen-bond acceptors (Lipinski definition) is 4. The lowest BCUT2D eigenvalue weighted by Crippen LogP contribution is -2.16. The molecule has 0 unspecified atom stereocenters. The van der Waals surface area contributed by atoms with Gasteiger partial charge in [0.1, 0.15) is 16.9 Å². The van der Waals surface area contributed by atoms with E-state index >= 15 is 0 Å². The minimum absolute atomic E-state index is 0.135. The molecule has 0 saturated heterocycles. The van der Waals surface area contributed by atoms with Crippen LogP contribution < -0.4 is 10.9 Å². The maximum Gasteiger partial charge on any atom is 0.339 e.